The van der Waals surface area contributed by atoms with Crippen LogP contribution in [0.2, 0.25) is 5.02 Å². The summed E-state index contributed by atoms with van der Waals surface area (Å²) in [6, 6.07) is 23.1. The first-order valence-electron chi connectivity index (χ1n) is 10.2. The Hall–Kier alpha value is -3.55. The van der Waals surface area contributed by atoms with Crippen molar-refractivity contribution in [2.24, 2.45) is 0 Å². The number of anilines is 1. The van der Waals surface area contributed by atoms with Gasteiger partial charge < -0.3 is 9.84 Å². The van der Waals surface area contributed by atoms with E-state index in [-0.39, 0.29) is 11.9 Å². The van der Waals surface area contributed by atoms with E-state index in [0.29, 0.717) is 27.5 Å². The molecular weight excluding hydrogens is 459 g/mol. The van der Waals surface area contributed by atoms with Crippen LogP contribution in [0.1, 0.15) is 24.4 Å². The number of benzene rings is 3. The van der Waals surface area contributed by atoms with Gasteiger partial charge in [-0.25, -0.2) is 4.39 Å². The van der Waals surface area contributed by atoms with Crippen LogP contribution in [0.3, 0.4) is 0 Å². The van der Waals surface area contributed by atoms with Gasteiger partial charge in [0.05, 0.1) is 17.3 Å². The molecular formula is C25H18ClFN4OS. The predicted octanol–water partition coefficient (Wildman–Crippen LogP) is 6.40. The number of rotatable bonds is 4. The first kappa shape index (κ1) is 21.3. The maximum atomic E-state index is 14.0. The molecule has 0 radical (unpaired) electrons. The topological polar surface area (TPSA) is 54.2 Å². The second-order valence-electron chi connectivity index (χ2n) is 7.54. The molecule has 4 aromatic rings. The number of thiocarbonyl (C=S) groups is 1. The number of nitrogens with one attached hydrogen (secondary N) is 1. The first-order valence-corrected chi connectivity index (χ1v) is 11.0. The lowest BCUT2D eigenvalue weighted by atomic mass is 9.94. The van der Waals surface area contributed by atoms with Crippen molar-refractivity contribution in [3.8, 4) is 11.4 Å². The van der Waals surface area contributed by atoms with E-state index in [1.807, 2.05) is 49.4 Å². The quantitative estimate of drug-likeness (QED) is 0.344. The van der Waals surface area contributed by atoms with Crippen molar-refractivity contribution in [1.82, 2.24) is 15.5 Å². The summed E-state index contributed by atoms with van der Waals surface area (Å²) in [6.07, 6.45) is 0. The third kappa shape index (κ3) is 4.13. The van der Waals surface area contributed by atoms with Crippen LogP contribution in [0, 0.1) is 5.82 Å². The maximum absolute atomic E-state index is 14.0. The van der Waals surface area contributed by atoms with E-state index in [1.165, 1.54) is 12.1 Å². The molecule has 1 aromatic heterocycles. The highest BCUT2D eigenvalue weighted by atomic mass is 35.5. The highest BCUT2D eigenvalue weighted by Crippen LogP contribution is 2.39. The molecule has 2 heterocycles. The van der Waals surface area contributed by atoms with Crippen molar-refractivity contribution in [2.45, 2.75) is 13.0 Å². The molecule has 3 aromatic carbocycles. The molecule has 5 nitrogen and oxygen atoms in total. The minimum Gasteiger partial charge on any atom is -0.351 e. The highest BCUT2D eigenvalue weighted by molar-refractivity contribution is 7.80. The van der Waals surface area contributed by atoms with Gasteiger partial charge in [-0.3, -0.25) is 4.90 Å². The second-order valence-corrected chi connectivity index (χ2v) is 8.36. The van der Waals surface area contributed by atoms with Crippen LogP contribution in [-0.4, -0.2) is 15.3 Å². The molecule has 1 N–H and O–H groups in total. The first-order chi connectivity index (χ1) is 16.0. The molecule has 0 saturated carbocycles. The lowest BCUT2D eigenvalue weighted by molar-refractivity contribution is 0.404. The largest absolute Gasteiger partial charge is 0.351 e. The second kappa shape index (κ2) is 8.77. The molecule has 1 atom stereocenters. The molecule has 33 heavy (non-hydrogen) atoms. The predicted molar refractivity (Wildman–Crippen MR) is 131 cm³/mol. The van der Waals surface area contributed by atoms with E-state index in [4.69, 9.17) is 28.3 Å². The lowest BCUT2D eigenvalue weighted by Crippen LogP contribution is -2.46. The van der Waals surface area contributed by atoms with Gasteiger partial charge in [0.25, 0.3) is 5.89 Å². The van der Waals surface area contributed by atoms with E-state index in [1.54, 1.807) is 29.2 Å². The molecule has 8 heteroatoms. The summed E-state index contributed by atoms with van der Waals surface area (Å²) in [5, 5.41) is 8.58. The van der Waals surface area contributed by atoms with Crippen molar-refractivity contribution in [1.29, 1.82) is 0 Å². The number of hydrogen-bond acceptors (Lipinski definition) is 4. The summed E-state index contributed by atoms with van der Waals surface area (Å²) in [5.41, 5.74) is 3.84. The summed E-state index contributed by atoms with van der Waals surface area (Å²) in [5.74, 6) is 0.411. The average Bonchev–Trinajstić information content (AvgIpc) is 3.29. The summed E-state index contributed by atoms with van der Waals surface area (Å²) in [7, 11) is 0. The van der Waals surface area contributed by atoms with Gasteiger partial charge in [0.2, 0.25) is 5.82 Å². The summed E-state index contributed by atoms with van der Waals surface area (Å²) < 4.78 is 19.7. The Kier molecular flexibility index (Phi) is 5.66. The zero-order valence-corrected chi connectivity index (χ0v) is 19.1. The molecule has 1 unspecified atom stereocenters. The SMILES string of the molecule is CC1=C(c2nc(-c3cccc(Cl)c3)no2)C(c2ccccc2)NC(=S)N1c1cccc(F)c1. The third-order valence-electron chi connectivity index (χ3n) is 5.42. The van der Waals surface area contributed by atoms with E-state index in [2.05, 4.69) is 15.5 Å². The van der Waals surface area contributed by atoms with E-state index in [9.17, 15) is 4.39 Å². The minimum absolute atomic E-state index is 0.323. The Morgan fingerprint density at radius 2 is 1.82 bits per heavy atom. The summed E-state index contributed by atoms with van der Waals surface area (Å²) >= 11 is 11.8. The van der Waals surface area contributed by atoms with E-state index >= 15 is 0 Å². The number of nitrogens with zero attached hydrogens (tertiary/aromatic N) is 3. The van der Waals surface area contributed by atoms with Gasteiger partial charge in [-0.2, -0.15) is 4.98 Å². The summed E-state index contributed by atoms with van der Waals surface area (Å²) in [4.78, 5) is 6.44. The molecule has 0 saturated heterocycles. The molecule has 0 spiro atoms. The van der Waals surface area contributed by atoms with Crippen molar-refractivity contribution in [3.05, 3.63) is 107 Å². The maximum Gasteiger partial charge on any atom is 0.258 e. The molecule has 1 aliphatic rings. The average molecular weight is 477 g/mol. The van der Waals surface area contributed by atoms with Gasteiger partial charge >= 0.3 is 0 Å². The lowest BCUT2D eigenvalue weighted by Gasteiger charge is -2.37. The van der Waals surface area contributed by atoms with E-state index in [0.717, 1.165) is 22.4 Å². The number of hydrogen-bond donors (Lipinski definition) is 1. The molecule has 0 aliphatic carbocycles. The fourth-order valence-corrected chi connectivity index (χ4v) is 4.47. The highest BCUT2D eigenvalue weighted by Gasteiger charge is 2.34. The van der Waals surface area contributed by atoms with Gasteiger partial charge in [0, 0.05) is 16.3 Å². The Morgan fingerprint density at radius 1 is 1.03 bits per heavy atom. The summed E-state index contributed by atoms with van der Waals surface area (Å²) in [6.45, 7) is 1.91. The van der Waals surface area contributed by atoms with Gasteiger partial charge in [-0.05, 0) is 55.0 Å². The molecule has 0 amide bonds. The normalized spacial score (nSPS) is 16.2. The molecule has 0 bridgehead atoms. The van der Waals surface area contributed by atoms with Gasteiger partial charge in [-0.1, -0.05) is 65.3 Å². The Morgan fingerprint density at radius 3 is 2.58 bits per heavy atom. The zero-order valence-electron chi connectivity index (χ0n) is 17.5. The van der Waals surface area contributed by atoms with Crippen LogP contribution in [0.25, 0.3) is 17.0 Å². The third-order valence-corrected chi connectivity index (χ3v) is 5.96. The molecule has 164 valence electrons. The van der Waals surface area contributed by atoms with Crippen LogP contribution in [-0.2, 0) is 0 Å². The Balaban J connectivity index is 1.66. The van der Waals surface area contributed by atoms with Gasteiger partial charge in [-0.15, -0.1) is 0 Å². The van der Waals surface area contributed by atoms with Crippen LogP contribution < -0.4 is 10.2 Å². The fraction of sp³-hybridized carbons (Fsp3) is 0.0800. The monoisotopic (exact) mass is 476 g/mol. The standard InChI is InChI=1S/C25H18ClFN4OS/c1-15-21(24-29-23(30-32-24)17-9-5-10-18(26)13-17)22(16-7-3-2-4-8-16)28-25(33)31(15)20-12-6-11-19(27)14-20/h2-14,22H,1H3,(H,28,33). The van der Waals surface area contributed by atoms with Crippen molar-refractivity contribution >= 4 is 40.2 Å². The van der Waals surface area contributed by atoms with Crippen LogP contribution in [0.4, 0.5) is 10.1 Å². The van der Waals surface area contributed by atoms with Gasteiger partial charge in [0.15, 0.2) is 5.11 Å². The smallest absolute Gasteiger partial charge is 0.258 e. The molecule has 1 aliphatic heterocycles. The van der Waals surface area contributed by atoms with Crippen LogP contribution in [0.15, 0.2) is 89.1 Å². The molecule has 5 rings (SSSR count). The zero-order chi connectivity index (χ0) is 22.9. The van der Waals surface area contributed by atoms with E-state index < -0.39 is 0 Å². The minimum atomic E-state index is -0.351. The number of allylic oxidation sites excluding steroid dienone is 1. The van der Waals surface area contributed by atoms with Gasteiger partial charge in [0.1, 0.15) is 5.82 Å². The molecule has 0 fully saturated rings. The Labute approximate surface area is 200 Å². The van der Waals surface area contributed by atoms with Crippen LogP contribution >= 0.6 is 23.8 Å². The van der Waals surface area contributed by atoms with Crippen molar-refractivity contribution in [3.63, 3.8) is 0 Å². The Bertz CT molecular complexity index is 1370. The van der Waals surface area contributed by atoms with Crippen molar-refractivity contribution < 1.29 is 8.91 Å². The number of halogens is 2. The number of aromatic nitrogens is 2. The fourth-order valence-electron chi connectivity index (χ4n) is 3.92. The van der Waals surface area contributed by atoms with Crippen molar-refractivity contribution in [2.75, 3.05) is 4.90 Å². The van der Waals surface area contributed by atoms with Crippen LogP contribution in [0.5, 0.6) is 0 Å².